The number of rotatable bonds is 5. The highest BCUT2D eigenvalue weighted by Gasteiger charge is 2.28. The van der Waals surface area contributed by atoms with Gasteiger partial charge in [0.15, 0.2) is 0 Å². The van der Waals surface area contributed by atoms with Crippen molar-refractivity contribution in [2.45, 2.75) is 19.8 Å². The third-order valence-corrected chi connectivity index (χ3v) is 7.18. The molecule has 4 rings (SSSR count). The van der Waals surface area contributed by atoms with E-state index in [4.69, 9.17) is 0 Å². The fraction of sp³-hybridized carbons (Fsp3) is 0.524. The third-order valence-electron chi connectivity index (χ3n) is 5.98. The largest absolute Gasteiger partial charge is 0.330 e. The van der Waals surface area contributed by atoms with E-state index < -0.39 is 0 Å². The van der Waals surface area contributed by atoms with Crippen molar-refractivity contribution < 1.29 is 19.0 Å². The summed E-state index contributed by atoms with van der Waals surface area (Å²) in [7, 11) is 0. The van der Waals surface area contributed by atoms with Crippen LogP contribution in [0, 0.1) is 12.7 Å². The minimum atomic E-state index is -0.264. The lowest BCUT2D eigenvalue weighted by Crippen LogP contribution is -3.21. The number of carbonyl (C=O) groups excluding carboxylic acids is 1. The lowest BCUT2D eigenvalue weighted by molar-refractivity contribution is -0.954. The number of benzene rings is 1. The van der Waals surface area contributed by atoms with Gasteiger partial charge in [-0.25, -0.2) is 9.37 Å². The Morgan fingerprint density at radius 2 is 1.68 bits per heavy atom. The molecule has 1 aromatic carbocycles. The summed E-state index contributed by atoms with van der Waals surface area (Å²) in [6, 6.07) is 6.29. The molecular formula is C21H29FN4OS+2. The highest BCUT2D eigenvalue weighted by Crippen LogP contribution is 2.29. The van der Waals surface area contributed by atoms with Crippen molar-refractivity contribution in [1.82, 2.24) is 9.88 Å². The van der Waals surface area contributed by atoms with E-state index in [2.05, 4.69) is 4.98 Å². The number of piperazine rings is 1. The SMILES string of the molecule is Cc1nc(-c2ccc(F)cc2)sc1C(=O)N1CC[NH+](CC[NH+]2CCCC2)CC1. The van der Waals surface area contributed by atoms with Gasteiger partial charge in [-0.2, -0.15) is 0 Å². The zero-order valence-electron chi connectivity index (χ0n) is 16.5. The van der Waals surface area contributed by atoms with Crippen molar-refractivity contribution in [1.29, 1.82) is 0 Å². The molecule has 28 heavy (non-hydrogen) atoms. The molecular weight excluding hydrogens is 375 g/mol. The van der Waals surface area contributed by atoms with Crippen LogP contribution in [0.1, 0.15) is 28.2 Å². The van der Waals surface area contributed by atoms with E-state index in [1.807, 2.05) is 11.8 Å². The number of thiazole rings is 1. The van der Waals surface area contributed by atoms with E-state index in [1.54, 1.807) is 21.9 Å². The molecule has 7 heteroatoms. The molecule has 2 aromatic rings. The Morgan fingerprint density at radius 1 is 1.07 bits per heavy atom. The molecule has 150 valence electrons. The summed E-state index contributed by atoms with van der Waals surface area (Å²) in [6.45, 7) is 10.7. The monoisotopic (exact) mass is 404 g/mol. The van der Waals surface area contributed by atoms with Crippen molar-refractivity contribution in [3.63, 3.8) is 0 Å². The van der Waals surface area contributed by atoms with Crippen molar-refractivity contribution >= 4 is 17.2 Å². The van der Waals surface area contributed by atoms with Crippen LogP contribution in [0.15, 0.2) is 24.3 Å². The Kier molecular flexibility index (Phi) is 6.04. The maximum Gasteiger partial charge on any atom is 0.266 e. The Balaban J connectivity index is 1.34. The van der Waals surface area contributed by atoms with Gasteiger partial charge in [0.05, 0.1) is 45.0 Å². The van der Waals surface area contributed by atoms with E-state index in [0.717, 1.165) is 42.4 Å². The van der Waals surface area contributed by atoms with Crippen LogP contribution < -0.4 is 9.80 Å². The molecule has 2 aliphatic heterocycles. The molecule has 0 radical (unpaired) electrons. The molecule has 0 spiro atoms. The van der Waals surface area contributed by atoms with Crippen LogP contribution in [0.25, 0.3) is 10.6 Å². The smallest absolute Gasteiger partial charge is 0.266 e. The van der Waals surface area contributed by atoms with Crippen LogP contribution in [-0.2, 0) is 0 Å². The van der Waals surface area contributed by atoms with Gasteiger partial charge >= 0.3 is 0 Å². The first-order chi connectivity index (χ1) is 13.6. The second-order valence-electron chi connectivity index (χ2n) is 7.94. The van der Waals surface area contributed by atoms with Crippen molar-refractivity contribution in [2.75, 3.05) is 52.4 Å². The number of amides is 1. The zero-order chi connectivity index (χ0) is 19.5. The molecule has 0 aliphatic carbocycles. The lowest BCUT2D eigenvalue weighted by Gasteiger charge is -2.32. The van der Waals surface area contributed by atoms with E-state index in [0.29, 0.717) is 4.88 Å². The maximum absolute atomic E-state index is 13.2. The molecule has 0 unspecified atom stereocenters. The first-order valence-electron chi connectivity index (χ1n) is 10.3. The number of hydrogen-bond acceptors (Lipinski definition) is 3. The summed E-state index contributed by atoms with van der Waals surface area (Å²) >= 11 is 1.41. The van der Waals surface area contributed by atoms with Crippen molar-refractivity contribution in [3.8, 4) is 10.6 Å². The van der Waals surface area contributed by atoms with Gasteiger partial charge in [0.2, 0.25) is 0 Å². The van der Waals surface area contributed by atoms with E-state index in [9.17, 15) is 9.18 Å². The Bertz CT molecular complexity index is 808. The van der Waals surface area contributed by atoms with Crippen LogP contribution in [-0.4, -0.2) is 68.1 Å². The summed E-state index contributed by atoms with van der Waals surface area (Å²) in [5.74, 6) is -0.174. The number of nitrogens with zero attached hydrogens (tertiary/aromatic N) is 2. The second-order valence-corrected chi connectivity index (χ2v) is 8.94. The highest BCUT2D eigenvalue weighted by molar-refractivity contribution is 7.17. The molecule has 2 fully saturated rings. The van der Waals surface area contributed by atoms with Gasteiger partial charge in [-0.1, -0.05) is 0 Å². The first kappa shape index (κ1) is 19.5. The van der Waals surface area contributed by atoms with Gasteiger partial charge in [-0.3, -0.25) is 4.79 Å². The summed E-state index contributed by atoms with van der Waals surface area (Å²) in [4.78, 5) is 23.6. The van der Waals surface area contributed by atoms with Gasteiger partial charge in [0.1, 0.15) is 28.8 Å². The molecule has 5 nitrogen and oxygen atoms in total. The summed E-state index contributed by atoms with van der Waals surface area (Å²) in [5.41, 5.74) is 1.62. The van der Waals surface area contributed by atoms with Crippen LogP contribution >= 0.6 is 11.3 Å². The van der Waals surface area contributed by atoms with E-state index in [1.165, 1.54) is 62.5 Å². The number of aryl methyl sites for hydroxylation is 1. The van der Waals surface area contributed by atoms with E-state index >= 15 is 0 Å². The molecule has 3 heterocycles. The number of nitrogens with one attached hydrogen (secondary N) is 2. The zero-order valence-corrected chi connectivity index (χ0v) is 17.3. The predicted molar refractivity (Wildman–Crippen MR) is 109 cm³/mol. The standard InChI is InChI=1S/C21H27FN4OS/c1-16-19(28-20(23-16)17-4-6-18(22)7-5-17)21(27)26-14-12-25(13-15-26)11-10-24-8-2-3-9-24/h4-7H,2-3,8-15H2,1H3/p+2. The van der Waals surface area contributed by atoms with Crippen LogP contribution in [0.4, 0.5) is 4.39 Å². The topological polar surface area (TPSA) is 42.1 Å². The minimum absolute atomic E-state index is 0.0904. The average molecular weight is 405 g/mol. The number of quaternary nitrogens is 2. The van der Waals surface area contributed by atoms with Gasteiger partial charge < -0.3 is 14.7 Å². The normalized spacial score (nSPS) is 18.7. The van der Waals surface area contributed by atoms with Crippen molar-refractivity contribution in [2.24, 2.45) is 0 Å². The summed E-state index contributed by atoms with van der Waals surface area (Å²) in [6.07, 6.45) is 2.75. The molecule has 1 aromatic heterocycles. The van der Waals surface area contributed by atoms with Gasteiger partial charge in [-0.15, -0.1) is 11.3 Å². The minimum Gasteiger partial charge on any atom is -0.330 e. The molecule has 2 saturated heterocycles. The fourth-order valence-electron chi connectivity index (χ4n) is 4.21. The Morgan fingerprint density at radius 3 is 2.32 bits per heavy atom. The van der Waals surface area contributed by atoms with Crippen molar-refractivity contribution in [3.05, 3.63) is 40.7 Å². The van der Waals surface area contributed by atoms with Crippen LogP contribution in [0.2, 0.25) is 0 Å². The van der Waals surface area contributed by atoms with Crippen LogP contribution in [0.5, 0.6) is 0 Å². The highest BCUT2D eigenvalue weighted by atomic mass is 32.1. The quantitative estimate of drug-likeness (QED) is 0.752. The number of hydrogen-bond donors (Lipinski definition) is 2. The lowest BCUT2D eigenvalue weighted by atomic mass is 10.2. The molecule has 0 atom stereocenters. The second kappa shape index (κ2) is 8.68. The predicted octanol–water partition coefficient (Wildman–Crippen LogP) is 0.277. The number of halogens is 1. The molecule has 1 amide bonds. The maximum atomic E-state index is 13.2. The fourth-order valence-corrected chi connectivity index (χ4v) is 5.25. The average Bonchev–Trinajstić information content (AvgIpc) is 3.36. The molecule has 2 N–H and O–H groups in total. The molecule has 2 aliphatic rings. The Hall–Kier alpha value is -1.83. The summed E-state index contributed by atoms with van der Waals surface area (Å²) < 4.78 is 13.2. The summed E-state index contributed by atoms with van der Waals surface area (Å²) in [5, 5.41) is 0.777. The van der Waals surface area contributed by atoms with Gasteiger partial charge in [0.25, 0.3) is 5.91 Å². The van der Waals surface area contributed by atoms with Crippen LogP contribution in [0.3, 0.4) is 0 Å². The Labute approximate surface area is 169 Å². The number of aromatic nitrogens is 1. The molecule has 0 bridgehead atoms. The number of carbonyl (C=O) groups is 1. The molecule has 0 saturated carbocycles. The third kappa shape index (κ3) is 4.42. The van der Waals surface area contributed by atoms with Gasteiger partial charge in [0, 0.05) is 18.4 Å². The van der Waals surface area contributed by atoms with E-state index in [-0.39, 0.29) is 11.7 Å². The van der Waals surface area contributed by atoms with Gasteiger partial charge in [-0.05, 0) is 31.2 Å². The first-order valence-corrected chi connectivity index (χ1v) is 11.1. The number of likely N-dealkylation sites (tertiary alicyclic amines) is 1.